The van der Waals surface area contributed by atoms with Gasteiger partial charge in [-0.25, -0.2) is 0 Å². The summed E-state index contributed by atoms with van der Waals surface area (Å²) in [5, 5.41) is 8.87. The van der Waals surface area contributed by atoms with Gasteiger partial charge in [0.2, 0.25) is 0 Å². The number of nitriles is 1. The molecule has 102 valence electrons. The Morgan fingerprint density at radius 1 is 1.47 bits per heavy atom. The van der Waals surface area contributed by atoms with Gasteiger partial charge in [-0.2, -0.15) is 14.0 Å². The summed E-state index contributed by atoms with van der Waals surface area (Å²) < 4.78 is 33.6. The monoisotopic (exact) mass is 269 g/mol. The minimum Gasteiger partial charge on any atom is -0.469 e. The fourth-order valence-electron chi connectivity index (χ4n) is 1.76. The largest absolute Gasteiger partial charge is 0.469 e. The minimum absolute atomic E-state index is 0.0737. The number of alkyl halides is 2. The van der Waals surface area contributed by atoms with Gasteiger partial charge in [-0.3, -0.25) is 4.79 Å². The number of nitrogens with zero attached hydrogens (tertiary/aromatic N) is 1. The third-order valence-corrected chi connectivity index (χ3v) is 2.56. The molecule has 0 bridgehead atoms. The maximum absolute atomic E-state index is 12.3. The molecule has 6 heteroatoms. The van der Waals surface area contributed by atoms with Crippen LogP contribution in [-0.2, 0) is 22.4 Å². The molecule has 0 atom stereocenters. The first kappa shape index (κ1) is 14.9. The third-order valence-electron chi connectivity index (χ3n) is 2.56. The molecule has 0 amide bonds. The SMILES string of the molecule is CCc1c(CC(=O)OC)cc(C#N)cc1OC(F)F. The first-order chi connectivity index (χ1) is 9.01. The van der Waals surface area contributed by atoms with Crippen LogP contribution in [0.1, 0.15) is 23.6 Å². The smallest absolute Gasteiger partial charge is 0.387 e. The van der Waals surface area contributed by atoms with Gasteiger partial charge in [-0.15, -0.1) is 0 Å². The summed E-state index contributed by atoms with van der Waals surface area (Å²) in [6.07, 6.45) is 0.314. The number of carbonyl (C=O) groups excluding carboxylic acids is 1. The standard InChI is InChI=1S/C13H13F2NO3/c1-3-10-9(6-12(17)18-2)4-8(7-16)5-11(10)19-13(14)15/h4-5,13H,3,6H2,1-2H3. The molecule has 0 N–H and O–H groups in total. The second kappa shape index (κ2) is 6.69. The normalized spacial score (nSPS) is 10.1. The van der Waals surface area contributed by atoms with Crippen LogP contribution in [0, 0.1) is 11.3 Å². The predicted octanol–water partition coefficient (Wildman–Crippen LogP) is 2.44. The van der Waals surface area contributed by atoms with E-state index in [0.717, 1.165) is 0 Å². The summed E-state index contributed by atoms with van der Waals surface area (Å²) in [4.78, 5) is 11.3. The van der Waals surface area contributed by atoms with Crippen molar-refractivity contribution in [3.05, 3.63) is 28.8 Å². The molecule has 0 radical (unpaired) electrons. The van der Waals surface area contributed by atoms with Gasteiger partial charge in [0.1, 0.15) is 5.75 Å². The Labute approximate surface area is 109 Å². The molecule has 1 rings (SSSR count). The lowest BCUT2D eigenvalue weighted by Crippen LogP contribution is -2.10. The van der Waals surface area contributed by atoms with E-state index in [2.05, 4.69) is 9.47 Å². The summed E-state index contributed by atoms with van der Waals surface area (Å²) in [6.45, 7) is -1.23. The van der Waals surface area contributed by atoms with Gasteiger partial charge >= 0.3 is 12.6 Å². The Kier molecular flexibility index (Phi) is 5.24. The molecule has 0 heterocycles. The highest BCUT2D eigenvalue weighted by Crippen LogP contribution is 2.27. The van der Waals surface area contributed by atoms with E-state index < -0.39 is 12.6 Å². The van der Waals surface area contributed by atoms with E-state index in [-0.39, 0.29) is 17.7 Å². The fraction of sp³-hybridized carbons (Fsp3) is 0.385. The van der Waals surface area contributed by atoms with Gasteiger partial charge in [-0.1, -0.05) is 6.92 Å². The van der Waals surface area contributed by atoms with Crippen LogP contribution in [-0.4, -0.2) is 19.7 Å². The average molecular weight is 269 g/mol. The molecule has 1 aromatic rings. The Bertz CT molecular complexity index is 509. The summed E-state index contributed by atoms with van der Waals surface area (Å²) in [5.74, 6) is -0.580. The quantitative estimate of drug-likeness (QED) is 0.770. The van der Waals surface area contributed by atoms with Gasteiger partial charge < -0.3 is 9.47 Å². The molecule has 0 saturated heterocycles. The van der Waals surface area contributed by atoms with Crippen LogP contribution in [0.3, 0.4) is 0 Å². The summed E-state index contributed by atoms with van der Waals surface area (Å²) >= 11 is 0. The number of hydrogen-bond acceptors (Lipinski definition) is 4. The maximum Gasteiger partial charge on any atom is 0.387 e. The van der Waals surface area contributed by atoms with E-state index in [0.29, 0.717) is 17.5 Å². The van der Waals surface area contributed by atoms with Gasteiger partial charge in [0.15, 0.2) is 0 Å². The molecule has 1 aromatic carbocycles. The summed E-state index contributed by atoms with van der Waals surface area (Å²) in [7, 11) is 1.23. The number of halogens is 2. The highest BCUT2D eigenvalue weighted by atomic mass is 19.3. The van der Waals surface area contributed by atoms with Crippen molar-refractivity contribution in [2.45, 2.75) is 26.4 Å². The van der Waals surface area contributed by atoms with Crippen LogP contribution in [0.2, 0.25) is 0 Å². The highest BCUT2D eigenvalue weighted by molar-refractivity contribution is 5.73. The summed E-state index contributed by atoms with van der Waals surface area (Å²) in [5.41, 5.74) is 1.10. The average Bonchev–Trinajstić information content (AvgIpc) is 2.37. The van der Waals surface area contributed by atoms with Gasteiger partial charge in [0.05, 0.1) is 25.2 Å². The zero-order chi connectivity index (χ0) is 14.4. The minimum atomic E-state index is -2.98. The van der Waals surface area contributed by atoms with Crippen molar-refractivity contribution in [1.29, 1.82) is 5.26 Å². The molecular formula is C13H13F2NO3. The molecular weight excluding hydrogens is 256 g/mol. The van der Waals surface area contributed by atoms with Crippen molar-refractivity contribution >= 4 is 5.97 Å². The maximum atomic E-state index is 12.3. The lowest BCUT2D eigenvalue weighted by atomic mass is 9.98. The second-order valence-electron chi connectivity index (χ2n) is 3.71. The van der Waals surface area contributed by atoms with Crippen molar-refractivity contribution in [2.24, 2.45) is 0 Å². The van der Waals surface area contributed by atoms with Crippen molar-refractivity contribution < 1.29 is 23.0 Å². The van der Waals surface area contributed by atoms with Gasteiger partial charge in [0, 0.05) is 0 Å². The highest BCUT2D eigenvalue weighted by Gasteiger charge is 2.16. The number of carbonyl (C=O) groups is 1. The van der Waals surface area contributed by atoms with E-state index in [9.17, 15) is 13.6 Å². The number of benzene rings is 1. The molecule has 0 saturated carbocycles. The van der Waals surface area contributed by atoms with E-state index in [1.807, 2.05) is 6.07 Å². The number of esters is 1. The van der Waals surface area contributed by atoms with Crippen LogP contribution < -0.4 is 4.74 Å². The zero-order valence-electron chi connectivity index (χ0n) is 10.6. The molecule has 0 aliphatic rings. The molecule has 0 spiro atoms. The Balaban J connectivity index is 3.26. The van der Waals surface area contributed by atoms with Crippen LogP contribution in [0.15, 0.2) is 12.1 Å². The van der Waals surface area contributed by atoms with E-state index in [1.54, 1.807) is 6.92 Å². The number of ether oxygens (including phenoxy) is 2. The number of rotatable bonds is 5. The Morgan fingerprint density at radius 3 is 2.63 bits per heavy atom. The van der Waals surface area contributed by atoms with Crippen LogP contribution in [0.5, 0.6) is 5.75 Å². The molecule has 4 nitrogen and oxygen atoms in total. The summed E-state index contributed by atoms with van der Waals surface area (Å²) in [6, 6.07) is 4.57. The first-order valence-electron chi connectivity index (χ1n) is 5.59. The number of hydrogen-bond donors (Lipinski definition) is 0. The molecule has 0 aliphatic carbocycles. The van der Waals surface area contributed by atoms with Crippen molar-refractivity contribution in [2.75, 3.05) is 7.11 Å². The van der Waals surface area contributed by atoms with E-state index in [1.165, 1.54) is 19.2 Å². The van der Waals surface area contributed by atoms with Gasteiger partial charge in [-0.05, 0) is 29.7 Å². The Hall–Kier alpha value is -2.16. The van der Waals surface area contributed by atoms with E-state index in [4.69, 9.17) is 5.26 Å². The van der Waals surface area contributed by atoms with Crippen LogP contribution in [0.4, 0.5) is 8.78 Å². The van der Waals surface area contributed by atoms with Gasteiger partial charge in [0.25, 0.3) is 0 Å². The third kappa shape index (κ3) is 3.91. The lowest BCUT2D eigenvalue weighted by Gasteiger charge is -2.14. The molecule has 0 aliphatic heterocycles. The molecule has 0 aromatic heterocycles. The van der Waals surface area contributed by atoms with Crippen molar-refractivity contribution in [3.63, 3.8) is 0 Å². The van der Waals surface area contributed by atoms with Crippen molar-refractivity contribution in [1.82, 2.24) is 0 Å². The lowest BCUT2D eigenvalue weighted by molar-refractivity contribution is -0.139. The first-order valence-corrected chi connectivity index (χ1v) is 5.59. The van der Waals surface area contributed by atoms with Crippen molar-refractivity contribution in [3.8, 4) is 11.8 Å². The molecule has 0 unspecified atom stereocenters. The fourth-order valence-corrected chi connectivity index (χ4v) is 1.76. The second-order valence-corrected chi connectivity index (χ2v) is 3.71. The Morgan fingerprint density at radius 2 is 2.16 bits per heavy atom. The number of methoxy groups -OCH3 is 1. The van der Waals surface area contributed by atoms with Crippen LogP contribution in [0.25, 0.3) is 0 Å². The van der Waals surface area contributed by atoms with E-state index >= 15 is 0 Å². The zero-order valence-corrected chi connectivity index (χ0v) is 10.6. The molecule has 0 fully saturated rings. The molecule has 19 heavy (non-hydrogen) atoms. The van der Waals surface area contributed by atoms with Crippen LogP contribution >= 0.6 is 0 Å². The topological polar surface area (TPSA) is 59.3 Å². The predicted molar refractivity (Wildman–Crippen MR) is 62.9 cm³/mol.